The van der Waals surface area contributed by atoms with Crippen LogP contribution in [0, 0.1) is 17.8 Å². The normalized spacial score (nSPS) is 23.2. The lowest BCUT2D eigenvalue weighted by atomic mass is 9.72. The Labute approximate surface area is 116 Å². The Balaban J connectivity index is 2.77. The van der Waals surface area contributed by atoms with Crippen LogP contribution in [0.5, 0.6) is 0 Å². The van der Waals surface area contributed by atoms with E-state index in [1.807, 2.05) is 19.9 Å². The molecule has 0 saturated carbocycles. The molecule has 0 bridgehead atoms. The Hall–Kier alpha value is -1.12. The lowest BCUT2D eigenvalue weighted by Gasteiger charge is -2.31. The van der Waals surface area contributed by atoms with E-state index in [0.29, 0.717) is 12.3 Å². The molecule has 108 valence electrons. The third-order valence-corrected chi connectivity index (χ3v) is 3.90. The number of Topliss-reactive ketones (excluding diaryl/α,β-unsaturated/α-hetero) is 1. The highest BCUT2D eigenvalue weighted by atomic mass is 16.5. The number of rotatable bonds is 6. The summed E-state index contributed by atoms with van der Waals surface area (Å²) >= 11 is 0. The molecule has 0 aromatic carbocycles. The summed E-state index contributed by atoms with van der Waals surface area (Å²) in [6.45, 7) is 7.95. The third kappa shape index (κ3) is 4.48. The van der Waals surface area contributed by atoms with Gasteiger partial charge < -0.3 is 4.74 Å². The maximum Gasteiger partial charge on any atom is 0.306 e. The number of ether oxygens (including phenoxy) is 1. The first-order valence-electron chi connectivity index (χ1n) is 7.38. The van der Waals surface area contributed by atoms with Gasteiger partial charge in [-0.05, 0) is 25.7 Å². The SMILES string of the molecule is CCC(CC)C1C=CCC(=O)C1CC(=O)OC(C)C. The van der Waals surface area contributed by atoms with E-state index in [-0.39, 0.29) is 36.1 Å². The highest BCUT2D eigenvalue weighted by Crippen LogP contribution is 2.34. The molecule has 1 rings (SSSR count). The molecular formula is C16H26O3. The van der Waals surface area contributed by atoms with Gasteiger partial charge in [0.2, 0.25) is 0 Å². The van der Waals surface area contributed by atoms with Crippen molar-refractivity contribution in [3.63, 3.8) is 0 Å². The van der Waals surface area contributed by atoms with Crippen molar-refractivity contribution in [2.45, 2.75) is 59.5 Å². The van der Waals surface area contributed by atoms with Crippen LogP contribution in [0.25, 0.3) is 0 Å². The quantitative estimate of drug-likeness (QED) is 0.545. The van der Waals surface area contributed by atoms with E-state index >= 15 is 0 Å². The smallest absolute Gasteiger partial charge is 0.306 e. The van der Waals surface area contributed by atoms with Gasteiger partial charge in [0.15, 0.2) is 0 Å². The molecule has 0 aromatic heterocycles. The van der Waals surface area contributed by atoms with Crippen LogP contribution in [0.4, 0.5) is 0 Å². The molecule has 0 saturated heterocycles. The minimum atomic E-state index is -0.250. The Morgan fingerprint density at radius 2 is 2.00 bits per heavy atom. The molecule has 0 heterocycles. The number of ketones is 1. The Kier molecular flexibility index (Phi) is 6.26. The molecule has 0 spiro atoms. The summed E-state index contributed by atoms with van der Waals surface area (Å²) in [5.74, 6) is 0.397. The van der Waals surface area contributed by atoms with E-state index in [0.717, 1.165) is 12.8 Å². The van der Waals surface area contributed by atoms with Crippen molar-refractivity contribution >= 4 is 11.8 Å². The summed E-state index contributed by atoms with van der Waals surface area (Å²) in [5.41, 5.74) is 0. The number of carbonyl (C=O) groups is 2. The largest absolute Gasteiger partial charge is 0.463 e. The Morgan fingerprint density at radius 1 is 1.37 bits per heavy atom. The van der Waals surface area contributed by atoms with Gasteiger partial charge in [-0.2, -0.15) is 0 Å². The zero-order valence-electron chi connectivity index (χ0n) is 12.5. The molecule has 1 aliphatic carbocycles. The summed E-state index contributed by atoms with van der Waals surface area (Å²) in [7, 11) is 0. The molecule has 0 N–H and O–H groups in total. The average Bonchev–Trinajstić information content (AvgIpc) is 2.33. The molecule has 2 unspecified atom stereocenters. The highest BCUT2D eigenvalue weighted by Gasteiger charge is 2.34. The second-order valence-electron chi connectivity index (χ2n) is 5.60. The molecule has 0 fully saturated rings. The van der Waals surface area contributed by atoms with Crippen molar-refractivity contribution in [2.75, 3.05) is 0 Å². The van der Waals surface area contributed by atoms with Crippen LogP contribution in [0.2, 0.25) is 0 Å². The summed E-state index contributed by atoms with van der Waals surface area (Å²) in [4.78, 5) is 23.9. The highest BCUT2D eigenvalue weighted by molar-refractivity contribution is 5.87. The second-order valence-corrected chi connectivity index (χ2v) is 5.60. The first-order valence-corrected chi connectivity index (χ1v) is 7.38. The lowest BCUT2D eigenvalue weighted by molar-refractivity contribution is -0.151. The standard InChI is InChI=1S/C16H26O3/c1-5-12(6-2)13-8-7-9-15(17)14(13)10-16(18)19-11(3)4/h7-8,11-14H,5-6,9-10H2,1-4H3. The maximum atomic E-state index is 12.1. The van der Waals surface area contributed by atoms with E-state index in [1.54, 1.807) is 0 Å². The zero-order valence-corrected chi connectivity index (χ0v) is 12.5. The van der Waals surface area contributed by atoms with Gasteiger partial charge in [-0.3, -0.25) is 9.59 Å². The van der Waals surface area contributed by atoms with Crippen LogP contribution in [0.15, 0.2) is 12.2 Å². The predicted molar refractivity (Wildman–Crippen MR) is 75.7 cm³/mol. The fraction of sp³-hybridized carbons (Fsp3) is 0.750. The van der Waals surface area contributed by atoms with Crippen molar-refractivity contribution in [3.8, 4) is 0 Å². The van der Waals surface area contributed by atoms with Crippen LogP contribution >= 0.6 is 0 Å². The van der Waals surface area contributed by atoms with E-state index in [4.69, 9.17) is 4.74 Å². The Morgan fingerprint density at radius 3 is 2.53 bits per heavy atom. The Bertz CT molecular complexity index is 340. The van der Waals surface area contributed by atoms with Gasteiger partial charge in [-0.25, -0.2) is 0 Å². The molecule has 0 aliphatic heterocycles. The van der Waals surface area contributed by atoms with E-state index < -0.39 is 0 Å². The number of hydrogen-bond donors (Lipinski definition) is 0. The van der Waals surface area contributed by atoms with E-state index in [1.165, 1.54) is 0 Å². The summed E-state index contributed by atoms with van der Waals surface area (Å²) in [5, 5.41) is 0. The minimum absolute atomic E-state index is 0.117. The molecule has 19 heavy (non-hydrogen) atoms. The number of esters is 1. The third-order valence-electron chi connectivity index (χ3n) is 3.90. The summed E-state index contributed by atoms with van der Waals surface area (Å²) < 4.78 is 5.18. The van der Waals surface area contributed by atoms with Gasteiger partial charge in [0.25, 0.3) is 0 Å². The number of allylic oxidation sites excluding steroid dienone is 2. The summed E-state index contributed by atoms with van der Waals surface area (Å²) in [6, 6.07) is 0. The van der Waals surface area contributed by atoms with Crippen molar-refractivity contribution in [3.05, 3.63) is 12.2 Å². The predicted octanol–water partition coefficient (Wildman–Crippen LogP) is 3.53. The number of hydrogen-bond acceptors (Lipinski definition) is 3. The molecule has 3 heteroatoms. The van der Waals surface area contributed by atoms with Gasteiger partial charge in [0.1, 0.15) is 5.78 Å². The fourth-order valence-electron chi connectivity index (χ4n) is 2.90. The molecule has 0 radical (unpaired) electrons. The van der Waals surface area contributed by atoms with Crippen LogP contribution in [-0.4, -0.2) is 17.9 Å². The van der Waals surface area contributed by atoms with Crippen LogP contribution < -0.4 is 0 Å². The van der Waals surface area contributed by atoms with Crippen LogP contribution in [0.3, 0.4) is 0 Å². The monoisotopic (exact) mass is 266 g/mol. The van der Waals surface area contributed by atoms with E-state index in [9.17, 15) is 9.59 Å². The first kappa shape index (κ1) is 15.9. The van der Waals surface area contributed by atoms with Crippen molar-refractivity contribution in [2.24, 2.45) is 17.8 Å². The molecule has 2 atom stereocenters. The van der Waals surface area contributed by atoms with Crippen molar-refractivity contribution in [1.29, 1.82) is 0 Å². The summed E-state index contributed by atoms with van der Waals surface area (Å²) in [6.07, 6.45) is 6.72. The molecular weight excluding hydrogens is 240 g/mol. The van der Waals surface area contributed by atoms with Crippen LogP contribution in [-0.2, 0) is 14.3 Å². The zero-order chi connectivity index (χ0) is 14.4. The van der Waals surface area contributed by atoms with Crippen molar-refractivity contribution < 1.29 is 14.3 Å². The molecule has 0 aromatic rings. The average molecular weight is 266 g/mol. The van der Waals surface area contributed by atoms with Gasteiger partial charge in [-0.15, -0.1) is 0 Å². The van der Waals surface area contributed by atoms with Gasteiger partial charge in [0.05, 0.1) is 12.5 Å². The molecule has 3 nitrogen and oxygen atoms in total. The molecule has 1 aliphatic rings. The maximum absolute atomic E-state index is 12.1. The molecule has 0 amide bonds. The minimum Gasteiger partial charge on any atom is -0.463 e. The number of carbonyl (C=O) groups excluding carboxylic acids is 2. The van der Waals surface area contributed by atoms with Gasteiger partial charge in [-0.1, -0.05) is 38.8 Å². The van der Waals surface area contributed by atoms with E-state index in [2.05, 4.69) is 19.9 Å². The first-order chi connectivity index (χ1) is 8.99. The fourth-order valence-corrected chi connectivity index (χ4v) is 2.90. The van der Waals surface area contributed by atoms with Crippen LogP contribution in [0.1, 0.15) is 53.4 Å². The van der Waals surface area contributed by atoms with Crippen molar-refractivity contribution in [1.82, 2.24) is 0 Å². The van der Waals surface area contributed by atoms with Gasteiger partial charge >= 0.3 is 5.97 Å². The topological polar surface area (TPSA) is 43.4 Å². The lowest BCUT2D eigenvalue weighted by Crippen LogP contribution is -2.33. The van der Waals surface area contributed by atoms with Gasteiger partial charge in [0, 0.05) is 12.3 Å². The second kappa shape index (κ2) is 7.46.